The largest absolute Gasteiger partial charge is 0.393 e. The topological polar surface area (TPSA) is 20.2 Å². The van der Waals surface area contributed by atoms with Crippen LogP contribution in [0.25, 0.3) is 0 Å². The van der Waals surface area contributed by atoms with Crippen LogP contribution in [0.15, 0.2) is 0 Å². The summed E-state index contributed by atoms with van der Waals surface area (Å²) in [4.78, 5) is 0. The van der Waals surface area contributed by atoms with Crippen molar-refractivity contribution in [2.24, 2.45) is 11.8 Å². The molecule has 0 aromatic carbocycles. The first kappa shape index (κ1) is 6.66. The Hall–Kier alpha value is -0.0400. The van der Waals surface area contributed by atoms with Crippen molar-refractivity contribution in [1.29, 1.82) is 0 Å². The van der Waals surface area contributed by atoms with Crippen LogP contribution in [0, 0.1) is 11.8 Å². The predicted molar refractivity (Wildman–Crippen MR) is 40.7 cm³/mol. The van der Waals surface area contributed by atoms with Crippen molar-refractivity contribution in [2.75, 3.05) is 0 Å². The molecule has 2 unspecified atom stereocenters. The van der Waals surface area contributed by atoms with Crippen molar-refractivity contribution in [1.82, 2.24) is 0 Å². The molecule has 0 aromatic rings. The predicted octanol–water partition coefficient (Wildman–Crippen LogP) is 1.95. The first-order valence-electron chi connectivity index (χ1n) is 4.56. The highest BCUT2D eigenvalue weighted by molar-refractivity contribution is 4.86. The second-order valence-corrected chi connectivity index (χ2v) is 3.85. The smallest absolute Gasteiger partial charge is 0.0571 e. The normalized spacial score (nSPS) is 47.1. The summed E-state index contributed by atoms with van der Waals surface area (Å²) in [6, 6.07) is 0. The van der Waals surface area contributed by atoms with Crippen LogP contribution in [-0.2, 0) is 0 Å². The van der Waals surface area contributed by atoms with Crippen molar-refractivity contribution in [3.05, 3.63) is 0 Å². The van der Waals surface area contributed by atoms with Gasteiger partial charge in [0.25, 0.3) is 0 Å². The molecule has 0 aliphatic heterocycles. The van der Waals surface area contributed by atoms with E-state index >= 15 is 0 Å². The van der Waals surface area contributed by atoms with E-state index in [9.17, 15) is 5.11 Å². The van der Waals surface area contributed by atoms with Crippen LogP contribution in [0.1, 0.15) is 38.5 Å². The molecule has 1 heteroatoms. The van der Waals surface area contributed by atoms with Crippen molar-refractivity contribution in [3.8, 4) is 0 Å². The van der Waals surface area contributed by atoms with Crippen LogP contribution >= 0.6 is 0 Å². The van der Waals surface area contributed by atoms with Crippen molar-refractivity contribution < 1.29 is 5.11 Å². The van der Waals surface area contributed by atoms with E-state index in [0.717, 1.165) is 12.3 Å². The SMILES string of the molecule is O[C@H]1CCCC2CCCC21. The van der Waals surface area contributed by atoms with Gasteiger partial charge in [-0.1, -0.05) is 19.3 Å². The summed E-state index contributed by atoms with van der Waals surface area (Å²) in [5, 5.41) is 9.58. The monoisotopic (exact) mass is 140 g/mol. The summed E-state index contributed by atoms with van der Waals surface area (Å²) in [6.07, 6.45) is 7.84. The summed E-state index contributed by atoms with van der Waals surface area (Å²) in [5.74, 6) is 1.58. The third-order valence-corrected chi connectivity index (χ3v) is 3.29. The van der Waals surface area contributed by atoms with Crippen LogP contribution in [0.5, 0.6) is 0 Å². The molecule has 0 saturated heterocycles. The van der Waals surface area contributed by atoms with Crippen LogP contribution in [0.3, 0.4) is 0 Å². The van der Waals surface area contributed by atoms with Gasteiger partial charge >= 0.3 is 0 Å². The van der Waals surface area contributed by atoms with Gasteiger partial charge < -0.3 is 5.11 Å². The van der Waals surface area contributed by atoms with E-state index in [2.05, 4.69) is 0 Å². The molecule has 2 aliphatic carbocycles. The lowest BCUT2D eigenvalue weighted by Crippen LogP contribution is -2.28. The fourth-order valence-corrected chi connectivity index (χ4v) is 2.73. The Kier molecular flexibility index (Phi) is 1.69. The summed E-state index contributed by atoms with van der Waals surface area (Å²) < 4.78 is 0. The maximum atomic E-state index is 9.58. The van der Waals surface area contributed by atoms with Gasteiger partial charge in [-0.15, -0.1) is 0 Å². The van der Waals surface area contributed by atoms with Gasteiger partial charge in [0.15, 0.2) is 0 Å². The third kappa shape index (κ3) is 0.968. The van der Waals surface area contributed by atoms with Crippen LogP contribution in [0.2, 0.25) is 0 Å². The zero-order chi connectivity index (χ0) is 6.97. The molecule has 10 heavy (non-hydrogen) atoms. The number of hydrogen-bond donors (Lipinski definition) is 1. The quantitative estimate of drug-likeness (QED) is 0.545. The molecule has 58 valence electrons. The molecule has 1 N–H and O–H groups in total. The average molecular weight is 140 g/mol. The van der Waals surface area contributed by atoms with E-state index in [1.54, 1.807) is 0 Å². The molecule has 0 aromatic heterocycles. The third-order valence-electron chi connectivity index (χ3n) is 3.29. The highest BCUT2D eigenvalue weighted by Gasteiger charge is 2.35. The maximum absolute atomic E-state index is 9.58. The molecule has 2 aliphatic rings. The van der Waals surface area contributed by atoms with Gasteiger partial charge in [-0.25, -0.2) is 0 Å². The minimum absolute atomic E-state index is 0.0567. The Morgan fingerprint density at radius 2 is 1.60 bits per heavy atom. The number of fused-ring (bicyclic) bond motifs is 1. The lowest BCUT2D eigenvalue weighted by atomic mass is 9.80. The highest BCUT2D eigenvalue weighted by Crippen LogP contribution is 2.41. The van der Waals surface area contributed by atoms with Gasteiger partial charge in [0, 0.05) is 0 Å². The lowest BCUT2D eigenvalue weighted by molar-refractivity contribution is 0.0477. The number of aliphatic hydroxyl groups excluding tert-OH is 1. The van der Waals surface area contributed by atoms with Crippen molar-refractivity contribution in [3.63, 3.8) is 0 Å². The molecule has 0 amide bonds. The minimum atomic E-state index is 0.0567. The molecule has 1 nitrogen and oxygen atoms in total. The van der Waals surface area contributed by atoms with E-state index in [4.69, 9.17) is 0 Å². The van der Waals surface area contributed by atoms with Crippen LogP contribution in [0.4, 0.5) is 0 Å². The molecule has 0 bridgehead atoms. The summed E-state index contributed by atoms with van der Waals surface area (Å²) >= 11 is 0. The number of hydrogen-bond acceptors (Lipinski definition) is 1. The summed E-state index contributed by atoms with van der Waals surface area (Å²) in [5.41, 5.74) is 0. The zero-order valence-corrected chi connectivity index (χ0v) is 6.42. The fourth-order valence-electron chi connectivity index (χ4n) is 2.73. The van der Waals surface area contributed by atoms with Crippen molar-refractivity contribution >= 4 is 0 Å². The van der Waals surface area contributed by atoms with Gasteiger partial charge in [0.05, 0.1) is 6.10 Å². The first-order valence-corrected chi connectivity index (χ1v) is 4.56. The maximum Gasteiger partial charge on any atom is 0.0571 e. The number of aliphatic hydroxyl groups is 1. The average Bonchev–Trinajstić information content (AvgIpc) is 2.36. The molecule has 2 rings (SSSR count). The second kappa shape index (κ2) is 2.54. The van der Waals surface area contributed by atoms with Gasteiger partial charge in [-0.2, -0.15) is 0 Å². The summed E-state index contributed by atoms with van der Waals surface area (Å²) in [7, 11) is 0. The standard InChI is InChI=1S/C9H16O/c10-9-6-2-4-7-3-1-5-8(7)9/h7-10H,1-6H2/t7?,8?,9-/m0/s1. The number of rotatable bonds is 0. The van der Waals surface area contributed by atoms with E-state index in [1.165, 1.54) is 32.1 Å². The van der Waals surface area contributed by atoms with Crippen LogP contribution < -0.4 is 0 Å². The second-order valence-electron chi connectivity index (χ2n) is 3.85. The Morgan fingerprint density at radius 3 is 2.30 bits per heavy atom. The van der Waals surface area contributed by atoms with Gasteiger partial charge in [0.1, 0.15) is 0 Å². The zero-order valence-electron chi connectivity index (χ0n) is 6.42. The molecule has 0 heterocycles. The van der Waals surface area contributed by atoms with Gasteiger partial charge in [-0.3, -0.25) is 0 Å². The fraction of sp³-hybridized carbons (Fsp3) is 1.00. The Balaban J connectivity index is 2.03. The Labute approximate surface area is 62.4 Å². The molecule has 3 atom stereocenters. The Morgan fingerprint density at radius 1 is 0.900 bits per heavy atom. The van der Waals surface area contributed by atoms with E-state index < -0.39 is 0 Å². The highest BCUT2D eigenvalue weighted by atomic mass is 16.3. The van der Waals surface area contributed by atoms with E-state index in [-0.39, 0.29) is 6.10 Å². The minimum Gasteiger partial charge on any atom is -0.393 e. The molecule has 2 saturated carbocycles. The van der Waals surface area contributed by atoms with E-state index in [0.29, 0.717) is 5.92 Å². The first-order chi connectivity index (χ1) is 4.88. The van der Waals surface area contributed by atoms with Crippen molar-refractivity contribution in [2.45, 2.75) is 44.6 Å². The molecule has 0 radical (unpaired) electrons. The van der Waals surface area contributed by atoms with Gasteiger partial charge in [-0.05, 0) is 31.1 Å². The lowest BCUT2D eigenvalue weighted by Gasteiger charge is -2.29. The molecule has 2 fully saturated rings. The molecular weight excluding hydrogens is 124 g/mol. The van der Waals surface area contributed by atoms with Crippen LogP contribution in [-0.4, -0.2) is 11.2 Å². The van der Waals surface area contributed by atoms with E-state index in [1.807, 2.05) is 0 Å². The summed E-state index contributed by atoms with van der Waals surface area (Å²) in [6.45, 7) is 0. The molecular formula is C9H16O. The molecule has 0 spiro atoms. The Bertz CT molecular complexity index is 122. The van der Waals surface area contributed by atoms with Gasteiger partial charge in [0.2, 0.25) is 0 Å².